The van der Waals surface area contributed by atoms with Crippen LogP contribution in [-0.4, -0.2) is 43.0 Å². The lowest BCUT2D eigenvalue weighted by Crippen LogP contribution is -2.46. The Morgan fingerprint density at radius 1 is 0.692 bits per heavy atom. The van der Waals surface area contributed by atoms with Crippen LogP contribution >= 0.6 is 24.8 Å². The zero-order valence-corrected chi connectivity index (χ0v) is 16.7. The lowest BCUT2D eigenvalue weighted by Gasteiger charge is -2.39. The number of hydrogen-bond acceptors (Lipinski definition) is 2. The average molecular weight is 389 g/mol. The van der Waals surface area contributed by atoms with Gasteiger partial charge in [0.05, 0.1) is 6.04 Å². The smallest absolute Gasteiger partial charge is 0.0608 e. The number of hydrogen-bond donors (Lipinski definition) is 0. The first-order chi connectivity index (χ1) is 11.8. The Balaban J connectivity index is 0.00000121. The summed E-state index contributed by atoms with van der Waals surface area (Å²) in [6.45, 7) is 4.49. The van der Waals surface area contributed by atoms with E-state index in [1.807, 2.05) is 0 Å². The summed E-state index contributed by atoms with van der Waals surface area (Å²) in [6.07, 6.45) is 0. The van der Waals surface area contributed by atoms with Crippen LogP contribution in [0.15, 0.2) is 72.8 Å². The van der Waals surface area contributed by atoms with Crippen molar-refractivity contribution in [1.29, 1.82) is 0 Å². The van der Waals surface area contributed by atoms with Crippen LogP contribution in [0.3, 0.4) is 0 Å². The molecule has 4 rings (SSSR count). The third-order valence-corrected chi connectivity index (χ3v) is 5.14. The van der Waals surface area contributed by atoms with Gasteiger partial charge in [0, 0.05) is 26.2 Å². The van der Waals surface area contributed by atoms with Gasteiger partial charge in [0.1, 0.15) is 0 Å². The minimum Gasteiger partial charge on any atom is -0.304 e. The first kappa shape index (κ1) is 20.7. The van der Waals surface area contributed by atoms with Gasteiger partial charge in [-0.15, -0.1) is 24.8 Å². The molecule has 1 atom stereocenters. The second-order valence-corrected chi connectivity index (χ2v) is 6.72. The van der Waals surface area contributed by atoms with Crippen LogP contribution in [0.2, 0.25) is 0 Å². The monoisotopic (exact) mass is 388 g/mol. The number of likely N-dealkylation sites (N-methyl/N-ethyl adjacent to an activating group) is 1. The van der Waals surface area contributed by atoms with Crippen molar-refractivity contribution in [2.45, 2.75) is 6.04 Å². The van der Waals surface area contributed by atoms with Crippen molar-refractivity contribution in [3.8, 4) is 0 Å². The van der Waals surface area contributed by atoms with Crippen LogP contribution < -0.4 is 0 Å². The van der Waals surface area contributed by atoms with E-state index in [0.717, 1.165) is 26.2 Å². The third-order valence-electron chi connectivity index (χ3n) is 5.14. The van der Waals surface area contributed by atoms with E-state index >= 15 is 0 Å². The molecular formula is C22H26Cl2N2. The van der Waals surface area contributed by atoms with E-state index in [4.69, 9.17) is 0 Å². The Kier molecular flexibility index (Phi) is 7.48. The molecule has 138 valence electrons. The second-order valence-electron chi connectivity index (χ2n) is 6.72. The largest absolute Gasteiger partial charge is 0.304 e. The van der Waals surface area contributed by atoms with Crippen molar-refractivity contribution >= 4 is 35.6 Å². The molecule has 1 fully saturated rings. The standard InChI is InChI=1S/C22H24N2.2ClH/c1-23-14-16-24(17-15-23)22(19-9-3-2-4-10-19)21-13-7-11-18-8-5-6-12-20(18)21;;/h2-13,22H,14-17H2,1H3;2*1H. The Bertz CT molecular complexity index is 809. The summed E-state index contributed by atoms with van der Waals surface area (Å²) in [4.78, 5) is 5.05. The number of benzene rings is 3. The van der Waals surface area contributed by atoms with Gasteiger partial charge < -0.3 is 4.90 Å². The molecule has 4 heteroatoms. The van der Waals surface area contributed by atoms with Crippen molar-refractivity contribution in [3.05, 3.63) is 83.9 Å². The fraction of sp³-hybridized carbons (Fsp3) is 0.273. The van der Waals surface area contributed by atoms with Crippen molar-refractivity contribution in [3.63, 3.8) is 0 Å². The van der Waals surface area contributed by atoms with Gasteiger partial charge >= 0.3 is 0 Å². The number of piperazine rings is 1. The van der Waals surface area contributed by atoms with Gasteiger partial charge in [-0.3, -0.25) is 4.90 Å². The molecule has 26 heavy (non-hydrogen) atoms. The van der Waals surface area contributed by atoms with Crippen LogP contribution in [0.1, 0.15) is 17.2 Å². The van der Waals surface area contributed by atoms with E-state index in [1.54, 1.807) is 0 Å². The highest BCUT2D eigenvalue weighted by atomic mass is 35.5. The van der Waals surface area contributed by atoms with Gasteiger partial charge in [0.2, 0.25) is 0 Å². The van der Waals surface area contributed by atoms with Crippen molar-refractivity contribution < 1.29 is 0 Å². The molecule has 3 aromatic rings. The SMILES string of the molecule is CN1CCN(C(c2ccccc2)c2cccc3ccccc23)CC1.Cl.Cl. The first-order valence-electron chi connectivity index (χ1n) is 8.78. The van der Waals surface area contributed by atoms with E-state index in [1.165, 1.54) is 21.9 Å². The first-order valence-corrected chi connectivity index (χ1v) is 8.78. The van der Waals surface area contributed by atoms with Crippen molar-refractivity contribution in [1.82, 2.24) is 9.80 Å². The van der Waals surface area contributed by atoms with Crippen LogP contribution in [0.5, 0.6) is 0 Å². The normalized spacial score (nSPS) is 16.5. The number of nitrogens with zero attached hydrogens (tertiary/aromatic N) is 2. The highest BCUT2D eigenvalue weighted by molar-refractivity contribution is 5.86. The van der Waals surface area contributed by atoms with E-state index in [-0.39, 0.29) is 24.8 Å². The lowest BCUT2D eigenvalue weighted by atomic mass is 9.92. The molecule has 0 aliphatic carbocycles. The zero-order valence-electron chi connectivity index (χ0n) is 15.0. The number of halogens is 2. The van der Waals surface area contributed by atoms with Gasteiger partial charge in [-0.05, 0) is 28.9 Å². The molecule has 0 amide bonds. The third kappa shape index (κ3) is 4.21. The fourth-order valence-electron chi connectivity index (χ4n) is 3.79. The zero-order chi connectivity index (χ0) is 16.4. The maximum absolute atomic E-state index is 2.64. The summed E-state index contributed by atoms with van der Waals surface area (Å²) in [7, 11) is 2.22. The highest BCUT2D eigenvalue weighted by Crippen LogP contribution is 2.34. The summed E-state index contributed by atoms with van der Waals surface area (Å²) in [5.41, 5.74) is 2.81. The molecular weight excluding hydrogens is 363 g/mol. The van der Waals surface area contributed by atoms with E-state index in [9.17, 15) is 0 Å². The quantitative estimate of drug-likeness (QED) is 0.621. The van der Waals surface area contributed by atoms with Crippen LogP contribution in [-0.2, 0) is 0 Å². The maximum atomic E-state index is 2.64. The minimum atomic E-state index is 0. The van der Waals surface area contributed by atoms with Crippen LogP contribution in [0.25, 0.3) is 10.8 Å². The molecule has 0 radical (unpaired) electrons. The van der Waals surface area contributed by atoms with Crippen molar-refractivity contribution in [2.24, 2.45) is 0 Å². The lowest BCUT2D eigenvalue weighted by molar-refractivity contribution is 0.128. The molecule has 0 spiro atoms. The van der Waals surface area contributed by atoms with Gasteiger partial charge in [-0.1, -0.05) is 72.8 Å². The van der Waals surface area contributed by atoms with Gasteiger partial charge in [0.25, 0.3) is 0 Å². The summed E-state index contributed by atoms with van der Waals surface area (Å²) in [6, 6.07) is 26.7. The molecule has 1 saturated heterocycles. The summed E-state index contributed by atoms with van der Waals surface area (Å²) in [5.74, 6) is 0. The summed E-state index contributed by atoms with van der Waals surface area (Å²) < 4.78 is 0. The number of rotatable bonds is 3. The summed E-state index contributed by atoms with van der Waals surface area (Å²) >= 11 is 0. The molecule has 1 unspecified atom stereocenters. The maximum Gasteiger partial charge on any atom is 0.0608 e. The van der Waals surface area contributed by atoms with Gasteiger partial charge in [-0.2, -0.15) is 0 Å². The summed E-state index contributed by atoms with van der Waals surface area (Å²) in [5, 5.41) is 2.69. The molecule has 0 bridgehead atoms. The predicted octanol–water partition coefficient (Wildman–Crippen LogP) is 5.02. The molecule has 1 aliphatic rings. The number of fused-ring (bicyclic) bond motifs is 1. The Labute approximate surface area is 168 Å². The topological polar surface area (TPSA) is 6.48 Å². The highest BCUT2D eigenvalue weighted by Gasteiger charge is 2.26. The Hall–Kier alpha value is -1.58. The molecule has 3 aromatic carbocycles. The fourth-order valence-corrected chi connectivity index (χ4v) is 3.79. The van der Waals surface area contributed by atoms with E-state index < -0.39 is 0 Å². The van der Waals surface area contributed by atoms with Crippen LogP contribution in [0.4, 0.5) is 0 Å². The molecule has 0 saturated carbocycles. The van der Waals surface area contributed by atoms with E-state index in [0.29, 0.717) is 6.04 Å². The van der Waals surface area contributed by atoms with Gasteiger partial charge in [-0.25, -0.2) is 0 Å². The van der Waals surface area contributed by atoms with Gasteiger partial charge in [0.15, 0.2) is 0 Å². The molecule has 1 heterocycles. The van der Waals surface area contributed by atoms with E-state index in [2.05, 4.69) is 89.6 Å². The minimum absolute atomic E-state index is 0. The molecule has 0 N–H and O–H groups in total. The Morgan fingerprint density at radius 2 is 1.31 bits per heavy atom. The second kappa shape index (κ2) is 9.38. The van der Waals surface area contributed by atoms with Crippen molar-refractivity contribution in [2.75, 3.05) is 33.2 Å². The average Bonchev–Trinajstić information content (AvgIpc) is 2.65. The Morgan fingerprint density at radius 3 is 2.04 bits per heavy atom. The predicted molar refractivity (Wildman–Crippen MR) is 116 cm³/mol. The molecule has 1 aliphatic heterocycles. The molecule has 2 nitrogen and oxygen atoms in total. The van der Waals surface area contributed by atoms with Crippen LogP contribution in [0, 0.1) is 0 Å². The molecule has 0 aromatic heterocycles.